The summed E-state index contributed by atoms with van der Waals surface area (Å²) < 4.78 is 5.14. The molecule has 2 heterocycles. The highest BCUT2D eigenvalue weighted by Gasteiger charge is 2.12. The number of nitrogens with zero attached hydrogens (tertiary/aromatic N) is 1. The number of carbonyl (C=O) groups is 2. The summed E-state index contributed by atoms with van der Waals surface area (Å²) in [6.45, 7) is 5.44. The Balaban J connectivity index is 1.64. The summed E-state index contributed by atoms with van der Waals surface area (Å²) in [5, 5.41) is 8.85. The number of amides is 2. The van der Waals surface area contributed by atoms with Crippen LogP contribution in [0.3, 0.4) is 0 Å². The van der Waals surface area contributed by atoms with Gasteiger partial charge >= 0.3 is 0 Å². The number of hydrazone groups is 1. The first kappa shape index (κ1) is 18.6. The molecule has 2 N–H and O–H groups in total. The summed E-state index contributed by atoms with van der Waals surface area (Å²) in [5.74, 6) is 0.128. The second kappa shape index (κ2) is 8.01. The molecule has 3 aromatic rings. The Morgan fingerprint density at radius 1 is 1.04 bits per heavy atom. The molecule has 0 saturated carbocycles. The minimum Gasteiger partial charge on any atom is -0.469 e. The van der Waals surface area contributed by atoms with E-state index in [0.717, 1.165) is 11.1 Å². The topological polar surface area (TPSA) is 83.7 Å². The molecule has 0 aliphatic rings. The molecule has 0 aliphatic carbocycles. The average Bonchev–Trinajstić information content (AvgIpc) is 3.28. The number of hydrogen-bond donors (Lipinski definition) is 2. The molecule has 2 aromatic heterocycles. The highest BCUT2D eigenvalue weighted by Crippen LogP contribution is 2.16. The SMILES string of the molecule is C/C(=N/NC(=O)c1sccc1C)c1ccc(NC(=O)c2ccoc2C)cc1. The van der Waals surface area contributed by atoms with Gasteiger partial charge in [-0.1, -0.05) is 12.1 Å². The molecule has 138 valence electrons. The third kappa shape index (κ3) is 4.32. The number of anilines is 1. The molecule has 6 nitrogen and oxygen atoms in total. The quantitative estimate of drug-likeness (QED) is 0.509. The van der Waals surface area contributed by atoms with Gasteiger partial charge in [0, 0.05) is 5.69 Å². The van der Waals surface area contributed by atoms with E-state index in [4.69, 9.17) is 4.42 Å². The van der Waals surface area contributed by atoms with Crippen LogP contribution in [0.1, 0.15) is 43.8 Å². The molecule has 0 saturated heterocycles. The van der Waals surface area contributed by atoms with Gasteiger partial charge < -0.3 is 9.73 Å². The number of thiophene rings is 1. The van der Waals surface area contributed by atoms with Gasteiger partial charge in [-0.3, -0.25) is 9.59 Å². The molecule has 2 amide bonds. The maximum atomic E-state index is 12.2. The first-order valence-electron chi connectivity index (χ1n) is 8.30. The van der Waals surface area contributed by atoms with E-state index < -0.39 is 0 Å². The summed E-state index contributed by atoms with van der Waals surface area (Å²) >= 11 is 1.38. The van der Waals surface area contributed by atoms with Crippen molar-refractivity contribution in [3.63, 3.8) is 0 Å². The van der Waals surface area contributed by atoms with E-state index in [1.54, 1.807) is 25.1 Å². The normalized spacial score (nSPS) is 11.3. The lowest BCUT2D eigenvalue weighted by Gasteiger charge is -2.06. The largest absolute Gasteiger partial charge is 0.469 e. The molecule has 0 unspecified atom stereocenters. The second-order valence-electron chi connectivity index (χ2n) is 5.99. The Hall–Kier alpha value is -3.19. The molecule has 0 aliphatic heterocycles. The van der Waals surface area contributed by atoms with Crippen LogP contribution in [0.2, 0.25) is 0 Å². The van der Waals surface area contributed by atoms with Crippen LogP contribution in [0.5, 0.6) is 0 Å². The maximum Gasteiger partial charge on any atom is 0.281 e. The molecule has 27 heavy (non-hydrogen) atoms. The highest BCUT2D eigenvalue weighted by molar-refractivity contribution is 7.12. The minimum atomic E-state index is -0.224. The molecule has 1 aromatic carbocycles. The van der Waals surface area contributed by atoms with Crippen molar-refractivity contribution in [2.75, 3.05) is 5.32 Å². The fraction of sp³-hybridized carbons (Fsp3) is 0.150. The average molecular weight is 381 g/mol. The zero-order valence-corrected chi connectivity index (χ0v) is 16.0. The molecule has 7 heteroatoms. The van der Waals surface area contributed by atoms with Gasteiger partial charge in [0.25, 0.3) is 11.8 Å². The summed E-state index contributed by atoms with van der Waals surface area (Å²) in [5.41, 5.74) is 6.18. The van der Waals surface area contributed by atoms with Crippen molar-refractivity contribution in [3.8, 4) is 0 Å². The lowest BCUT2D eigenvalue weighted by molar-refractivity contribution is 0.0957. The van der Waals surface area contributed by atoms with Crippen LogP contribution in [0, 0.1) is 13.8 Å². The molecule has 0 radical (unpaired) electrons. The van der Waals surface area contributed by atoms with Gasteiger partial charge in [-0.25, -0.2) is 5.43 Å². The van der Waals surface area contributed by atoms with Gasteiger partial charge in [-0.05, 0) is 61.5 Å². The highest BCUT2D eigenvalue weighted by atomic mass is 32.1. The van der Waals surface area contributed by atoms with Crippen molar-refractivity contribution in [2.24, 2.45) is 5.10 Å². The van der Waals surface area contributed by atoms with E-state index in [1.807, 2.05) is 37.4 Å². The van der Waals surface area contributed by atoms with E-state index in [2.05, 4.69) is 15.8 Å². The summed E-state index contributed by atoms with van der Waals surface area (Å²) in [6.07, 6.45) is 1.49. The summed E-state index contributed by atoms with van der Waals surface area (Å²) in [7, 11) is 0. The molecular formula is C20H19N3O3S. The Morgan fingerprint density at radius 2 is 1.78 bits per heavy atom. The lowest BCUT2D eigenvalue weighted by Crippen LogP contribution is -2.19. The molecule has 0 bridgehead atoms. The van der Waals surface area contributed by atoms with Crippen molar-refractivity contribution < 1.29 is 14.0 Å². The van der Waals surface area contributed by atoms with Crippen molar-refractivity contribution >= 4 is 34.6 Å². The van der Waals surface area contributed by atoms with Gasteiger partial charge in [-0.2, -0.15) is 5.10 Å². The second-order valence-corrected chi connectivity index (χ2v) is 6.91. The number of nitrogens with one attached hydrogen (secondary N) is 2. The Bertz CT molecular complexity index is 1000. The number of rotatable bonds is 5. The third-order valence-corrected chi connectivity index (χ3v) is 5.07. The van der Waals surface area contributed by atoms with Crippen LogP contribution >= 0.6 is 11.3 Å². The van der Waals surface area contributed by atoms with Crippen LogP contribution in [0.15, 0.2) is 57.6 Å². The van der Waals surface area contributed by atoms with Crippen LogP contribution in [-0.2, 0) is 0 Å². The zero-order chi connectivity index (χ0) is 19.4. The van der Waals surface area contributed by atoms with Crippen molar-refractivity contribution in [3.05, 3.63) is 75.4 Å². The predicted octanol–water partition coefficient (Wildman–Crippen LogP) is 4.36. The number of furan rings is 1. The number of aryl methyl sites for hydroxylation is 2. The fourth-order valence-electron chi connectivity index (χ4n) is 2.47. The Morgan fingerprint density at radius 3 is 2.37 bits per heavy atom. The summed E-state index contributed by atoms with van der Waals surface area (Å²) in [4.78, 5) is 25.0. The van der Waals surface area contributed by atoms with Crippen LogP contribution in [-0.4, -0.2) is 17.5 Å². The monoisotopic (exact) mass is 381 g/mol. The summed E-state index contributed by atoms with van der Waals surface area (Å²) in [6, 6.07) is 10.8. The predicted molar refractivity (Wildman–Crippen MR) is 107 cm³/mol. The van der Waals surface area contributed by atoms with Crippen molar-refractivity contribution in [1.82, 2.24) is 5.43 Å². The zero-order valence-electron chi connectivity index (χ0n) is 15.2. The standard InChI is InChI=1S/C20H19N3O3S/c1-12-9-11-27-18(12)20(25)23-22-13(2)15-4-6-16(7-5-15)21-19(24)17-8-10-26-14(17)3/h4-11H,1-3H3,(H,21,24)(H,23,25)/b22-13-. The molecule has 3 rings (SSSR count). The maximum absolute atomic E-state index is 12.2. The Kier molecular flexibility index (Phi) is 5.52. The van der Waals surface area contributed by atoms with E-state index in [-0.39, 0.29) is 11.8 Å². The van der Waals surface area contributed by atoms with Crippen LogP contribution < -0.4 is 10.7 Å². The fourth-order valence-corrected chi connectivity index (χ4v) is 3.28. The van der Waals surface area contributed by atoms with Gasteiger partial charge in [-0.15, -0.1) is 11.3 Å². The van der Waals surface area contributed by atoms with E-state index in [1.165, 1.54) is 17.6 Å². The van der Waals surface area contributed by atoms with E-state index >= 15 is 0 Å². The Labute approximate surface area is 160 Å². The number of carbonyl (C=O) groups excluding carboxylic acids is 2. The molecule has 0 spiro atoms. The van der Waals surface area contributed by atoms with Gasteiger partial charge in [0.05, 0.1) is 22.4 Å². The molecule has 0 fully saturated rings. The molecule has 0 atom stereocenters. The smallest absolute Gasteiger partial charge is 0.281 e. The van der Waals surface area contributed by atoms with Gasteiger partial charge in [0.1, 0.15) is 5.76 Å². The minimum absolute atomic E-state index is 0.221. The van der Waals surface area contributed by atoms with E-state index in [9.17, 15) is 9.59 Å². The first-order valence-corrected chi connectivity index (χ1v) is 9.18. The molecular weight excluding hydrogens is 362 g/mol. The lowest BCUT2D eigenvalue weighted by atomic mass is 10.1. The third-order valence-electron chi connectivity index (χ3n) is 4.06. The van der Waals surface area contributed by atoms with E-state index in [0.29, 0.717) is 27.6 Å². The first-order chi connectivity index (χ1) is 13.0. The van der Waals surface area contributed by atoms with Crippen LogP contribution in [0.4, 0.5) is 5.69 Å². The van der Waals surface area contributed by atoms with Crippen molar-refractivity contribution in [2.45, 2.75) is 20.8 Å². The van der Waals surface area contributed by atoms with Crippen molar-refractivity contribution in [1.29, 1.82) is 0 Å². The number of benzene rings is 1. The van der Waals surface area contributed by atoms with Crippen LogP contribution in [0.25, 0.3) is 0 Å². The van der Waals surface area contributed by atoms with Gasteiger partial charge in [0.2, 0.25) is 0 Å². The van der Waals surface area contributed by atoms with Gasteiger partial charge in [0.15, 0.2) is 0 Å². The number of hydrogen-bond acceptors (Lipinski definition) is 5.